The molecule has 1 atom stereocenters. The second kappa shape index (κ2) is 7.56. The van der Waals surface area contributed by atoms with Gasteiger partial charge < -0.3 is 10.1 Å². The highest BCUT2D eigenvalue weighted by Crippen LogP contribution is 2.21. The molecule has 0 fully saturated rings. The Bertz CT molecular complexity index is 392. The Labute approximate surface area is 120 Å². The SMILES string of the molecule is COC(=O)C(CNCC(C)(C)SC)c1ccccc1. The average molecular weight is 281 g/mol. The molecule has 0 radical (unpaired) electrons. The number of methoxy groups -OCH3 is 1. The van der Waals surface area contributed by atoms with Crippen molar-refractivity contribution in [3.63, 3.8) is 0 Å². The van der Waals surface area contributed by atoms with Crippen molar-refractivity contribution in [2.45, 2.75) is 24.5 Å². The minimum atomic E-state index is -0.246. The number of nitrogens with one attached hydrogen (secondary N) is 1. The smallest absolute Gasteiger partial charge is 0.314 e. The van der Waals surface area contributed by atoms with E-state index in [1.165, 1.54) is 7.11 Å². The molecule has 0 aliphatic carbocycles. The van der Waals surface area contributed by atoms with Crippen molar-refractivity contribution in [3.05, 3.63) is 35.9 Å². The Hall–Kier alpha value is -1.00. The van der Waals surface area contributed by atoms with E-state index in [2.05, 4.69) is 25.4 Å². The van der Waals surface area contributed by atoms with Gasteiger partial charge in [-0.05, 0) is 25.7 Å². The number of ether oxygens (including phenoxy) is 1. The third-order valence-corrected chi connectivity index (χ3v) is 4.39. The van der Waals surface area contributed by atoms with Crippen molar-refractivity contribution in [1.29, 1.82) is 0 Å². The van der Waals surface area contributed by atoms with Crippen molar-refractivity contribution in [2.75, 3.05) is 26.5 Å². The molecule has 0 aliphatic heterocycles. The molecular weight excluding hydrogens is 258 g/mol. The van der Waals surface area contributed by atoms with E-state index >= 15 is 0 Å². The zero-order valence-corrected chi connectivity index (χ0v) is 12.9. The summed E-state index contributed by atoms with van der Waals surface area (Å²) >= 11 is 1.81. The molecule has 0 heterocycles. The number of hydrogen-bond donors (Lipinski definition) is 1. The van der Waals surface area contributed by atoms with Gasteiger partial charge in [-0.2, -0.15) is 11.8 Å². The van der Waals surface area contributed by atoms with Gasteiger partial charge in [-0.15, -0.1) is 0 Å². The van der Waals surface area contributed by atoms with Gasteiger partial charge >= 0.3 is 5.97 Å². The largest absolute Gasteiger partial charge is 0.469 e. The Kier molecular flexibility index (Phi) is 6.38. The number of hydrogen-bond acceptors (Lipinski definition) is 4. The van der Waals surface area contributed by atoms with Gasteiger partial charge in [0, 0.05) is 17.8 Å². The predicted molar refractivity (Wildman–Crippen MR) is 81.7 cm³/mol. The summed E-state index contributed by atoms with van der Waals surface area (Å²) in [6, 6.07) is 9.75. The average Bonchev–Trinajstić information content (AvgIpc) is 2.44. The van der Waals surface area contributed by atoms with Crippen LogP contribution in [0, 0.1) is 0 Å². The number of carbonyl (C=O) groups is 1. The van der Waals surface area contributed by atoms with Crippen LogP contribution in [-0.2, 0) is 9.53 Å². The van der Waals surface area contributed by atoms with Crippen molar-refractivity contribution >= 4 is 17.7 Å². The maximum Gasteiger partial charge on any atom is 0.314 e. The lowest BCUT2D eigenvalue weighted by molar-refractivity contribution is -0.142. The summed E-state index contributed by atoms with van der Waals surface area (Å²) in [5, 5.41) is 3.37. The molecule has 0 aliphatic rings. The van der Waals surface area contributed by atoms with E-state index in [9.17, 15) is 4.79 Å². The highest BCUT2D eigenvalue weighted by Gasteiger charge is 2.22. The van der Waals surface area contributed by atoms with Gasteiger partial charge in [-0.3, -0.25) is 4.79 Å². The minimum absolute atomic E-state index is 0.164. The van der Waals surface area contributed by atoms with E-state index in [1.807, 2.05) is 42.1 Å². The zero-order valence-electron chi connectivity index (χ0n) is 12.1. The number of esters is 1. The molecule has 1 N–H and O–H groups in total. The third-order valence-electron chi connectivity index (χ3n) is 3.14. The quantitative estimate of drug-likeness (QED) is 0.780. The first kappa shape index (κ1) is 16.1. The molecule has 0 saturated heterocycles. The second-order valence-corrected chi connectivity index (χ2v) is 6.59. The summed E-state index contributed by atoms with van der Waals surface area (Å²) in [7, 11) is 1.43. The lowest BCUT2D eigenvalue weighted by atomic mass is 9.99. The summed E-state index contributed by atoms with van der Waals surface area (Å²) in [6.07, 6.45) is 2.09. The Morgan fingerprint density at radius 2 is 2.00 bits per heavy atom. The van der Waals surface area contributed by atoms with Crippen molar-refractivity contribution < 1.29 is 9.53 Å². The molecule has 0 bridgehead atoms. The molecule has 4 heteroatoms. The van der Waals surface area contributed by atoms with E-state index in [0.29, 0.717) is 6.54 Å². The van der Waals surface area contributed by atoms with Gasteiger partial charge in [-0.25, -0.2) is 0 Å². The summed E-state index contributed by atoms with van der Waals surface area (Å²) in [4.78, 5) is 11.9. The molecule has 0 saturated carbocycles. The third kappa shape index (κ3) is 5.25. The number of rotatable bonds is 7. The fourth-order valence-corrected chi connectivity index (χ4v) is 2.00. The van der Waals surface area contributed by atoms with Crippen LogP contribution in [0.4, 0.5) is 0 Å². The maximum atomic E-state index is 11.9. The Morgan fingerprint density at radius 1 is 1.37 bits per heavy atom. The van der Waals surface area contributed by atoms with Crippen molar-refractivity contribution in [3.8, 4) is 0 Å². The van der Waals surface area contributed by atoms with E-state index < -0.39 is 0 Å². The lowest BCUT2D eigenvalue weighted by Gasteiger charge is -2.24. The number of carbonyl (C=O) groups excluding carboxylic acids is 1. The molecule has 106 valence electrons. The number of thioether (sulfide) groups is 1. The topological polar surface area (TPSA) is 38.3 Å². The highest BCUT2D eigenvalue weighted by atomic mass is 32.2. The molecular formula is C15H23NO2S. The van der Waals surface area contributed by atoms with Crippen LogP contribution in [0.1, 0.15) is 25.3 Å². The van der Waals surface area contributed by atoms with E-state index in [1.54, 1.807) is 0 Å². The Morgan fingerprint density at radius 3 is 2.53 bits per heavy atom. The van der Waals surface area contributed by atoms with Crippen LogP contribution in [0.3, 0.4) is 0 Å². The van der Waals surface area contributed by atoms with Crippen LogP contribution in [0.5, 0.6) is 0 Å². The van der Waals surface area contributed by atoms with Crippen LogP contribution >= 0.6 is 11.8 Å². The summed E-state index contributed by atoms with van der Waals surface area (Å²) < 4.78 is 5.06. The number of benzene rings is 1. The molecule has 0 spiro atoms. The monoisotopic (exact) mass is 281 g/mol. The normalized spacial score (nSPS) is 13.1. The van der Waals surface area contributed by atoms with Gasteiger partial charge in [-0.1, -0.05) is 30.3 Å². The van der Waals surface area contributed by atoms with E-state index in [-0.39, 0.29) is 16.6 Å². The van der Waals surface area contributed by atoms with Crippen molar-refractivity contribution in [1.82, 2.24) is 5.32 Å². The van der Waals surface area contributed by atoms with Gasteiger partial charge in [0.15, 0.2) is 0 Å². The molecule has 19 heavy (non-hydrogen) atoms. The first-order valence-electron chi connectivity index (χ1n) is 6.39. The molecule has 1 unspecified atom stereocenters. The van der Waals surface area contributed by atoms with Gasteiger partial charge in [0.25, 0.3) is 0 Å². The minimum Gasteiger partial charge on any atom is -0.469 e. The van der Waals surface area contributed by atoms with E-state index in [0.717, 1.165) is 12.1 Å². The fourth-order valence-electron chi connectivity index (χ4n) is 1.75. The summed E-state index contributed by atoms with van der Waals surface area (Å²) in [6.45, 7) is 5.82. The molecule has 1 rings (SSSR count). The van der Waals surface area contributed by atoms with Crippen LogP contribution in [0.15, 0.2) is 30.3 Å². The summed E-state index contributed by atoms with van der Waals surface area (Å²) in [5.74, 6) is -0.440. The van der Waals surface area contributed by atoms with E-state index in [4.69, 9.17) is 4.74 Å². The van der Waals surface area contributed by atoms with Crippen LogP contribution in [0.2, 0.25) is 0 Å². The molecule has 1 aromatic carbocycles. The van der Waals surface area contributed by atoms with Crippen molar-refractivity contribution in [2.24, 2.45) is 0 Å². The predicted octanol–water partition coefficient (Wildman–Crippen LogP) is 2.67. The molecule has 0 aromatic heterocycles. The fraction of sp³-hybridized carbons (Fsp3) is 0.533. The van der Waals surface area contributed by atoms with Gasteiger partial charge in [0.05, 0.1) is 13.0 Å². The first-order valence-corrected chi connectivity index (χ1v) is 7.61. The van der Waals surface area contributed by atoms with Gasteiger partial charge in [0.1, 0.15) is 0 Å². The van der Waals surface area contributed by atoms with Crippen LogP contribution < -0.4 is 5.32 Å². The molecule has 3 nitrogen and oxygen atoms in total. The molecule has 1 aromatic rings. The summed E-state index contributed by atoms with van der Waals surface area (Å²) in [5.41, 5.74) is 0.990. The standard InChI is InChI=1S/C15H23NO2S/c1-15(2,19-4)11-16-10-13(14(17)18-3)12-8-6-5-7-9-12/h5-9,13,16H,10-11H2,1-4H3. The lowest BCUT2D eigenvalue weighted by Crippen LogP contribution is -2.36. The molecule has 0 amide bonds. The van der Waals surface area contributed by atoms with Crippen LogP contribution in [0.25, 0.3) is 0 Å². The first-order chi connectivity index (χ1) is 9.00. The highest BCUT2D eigenvalue weighted by molar-refractivity contribution is 7.99. The van der Waals surface area contributed by atoms with Crippen LogP contribution in [-0.4, -0.2) is 37.2 Å². The second-order valence-electron chi connectivity index (χ2n) is 5.08. The van der Waals surface area contributed by atoms with Gasteiger partial charge in [0.2, 0.25) is 0 Å². The Balaban J connectivity index is 2.65. The zero-order chi connectivity index (χ0) is 14.3. The maximum absolute atomic E-state index is 11.9.